The SMILES string of the molecule is Cc1cc(C(=O)Nc2ccc3c(c2)OCO3)ccc1N(C)S(C)(=O)=O. The molecule has 1 amide bonds. The molecule has 0 aromatic heterocycles. The number of anilines is 2. The Labute approximate surface area is 146 Å². The van der Waals surface area contributed by atoms with Crippen molar-refractivity contribution in [2.24, 2.45) is 0 Å². The van der Waals surface area contributed by atoms with Gasteiger partial charge in [0.15, 0.2) is 11.5 Å². The Morgan fingerprint density at radius 3 is 2.52 bits per heavy atom. The maximum absolute atomic E-state index is 12.4. The van der Waals surface area contributed by atoms with Crippen LogP contribution in [-0.2, 0) is 10.0 Å². The minimum Gasteiger partial charge on any atom is -0.454 e. The van der Waals surface area contributed by atoms with Crippen molar-refractivity contribution in [3.05, 3.63) is 47.5 Å². The van der Waals surface area contributed by atoms with Gasteiger partial charge < -0.3 is 14.8 Å². The number of benzene rings is 2. The number of nitrogens with zero attached hydrogens (tertiary/aromatic N) is 1. The Kier molecular flexibility index (Phi) is 4.30. The third kappa shape index (κ3) is 3.53. The van der Waals surface area contributed by atoms with Crippen LogP contribution in [0.5, 0.6) is 11.5 Å². The zero-order valence-corrected chi connectivity index (χ0v) is 14.9. The van der Waals surface area contributed by atoms with Crippen molar-refractivity contribution in [2.75, 3.05) is 29.7 Å². The molecule has 3 rings (SSSR count). The fraction of sp³-hybridized carbons (Fsp3) is 0.235. The number of nitrogens with one attached hydrogen (secondary N) is 1. The molecule has 0 saturated carbocycles. The van der Waals surface area contributed by atoms with E-state index < -0.39 is 10.0 Å². The molecule has 0 saturated heterocycles. The minimum absolute atomic E-state index is 0.168. The van der Waals surface area contributed by atoms with Crippen LogP contribution < -0.4 is 19.1 Å². The van der Waals surface area contributed by atoms with E-state index in [2.05, 4.69) is 5.32 Å². The number of hydrogen-bond acceptors (Lipinski definition) is 5. The van der Waals surface area contributed by atoms with Gasteiger partial charge in [-0.25, -0.2) is 8.42 Å². The van der Waals surface area contributed by atoms with Crippen molar-refractivity contribution in [3.8, 4) is 11.5 Å². The van der Waals surface area contributed by atoms with E-state index in [1.807, 2.05) is 0 Å². The van der Waals surface area contributed by atoms with Crippen LogP contribution in [-0.4, -0.2) is 34.4 Å². The van der Waals surface area contributed by atoms with Gasteiger partial charge >= 0.3 is 0 Å². The van der Waals surface area contributed by atoms with Gasteiger partial charge in [-0.05, 0) is 42.8 Å². The molecule has 7 nitrogen and oxygen atoms in total. The number of aryl methyl sites for hydroxylation is 1. The molecule has 1 aliphatic rings. The summed E-state index contributed by atoms with van der Waals surface area (Å²) in [6, 6.07) is 10.0. The Hall–Kier alpha value is -2.74. The fourth-order valence-electron chi connectivity index (χ4n) is 2.51. The Morgan fingerprint density at radius 2 is 1.84 bits per heavy atom. The Morgan fingerprint density at radius 1 is 1.12 bits per heavy atom. The van der Waals surface area contributed by atoms with Crippen molar-refractivity contribution >= 4 is 27.3 Å². The van der Waals surface area contributed by atoms with E-state index in [1.54, 1.807) is 43.3 Å². The first-order valence-electron chi connectivity index (χ1n) is 7.51. The van der Waals surface area contributed by atoms with E-state index in [0.717, 1.165) is 6.26 Å². The predicted molar refractivity (Wildman–Crippen MR) is 94.9 cm³/mol. The van der Waals surface area contributed by atoms with Crippen LogP contribution in [0.4, 0.5) is 11.4 Å². The summed E-state index contributed by atoms with van der Waals surface area (Å²) in [6.07, 6.45) is 1.13. The lowest BCUT2D eigenvalue weighted by atomic mass is 10.1. The van der Waals surface area contributed by atoms with E-state index >= 15 is 0 Å². The lowest BCUT2D eigenvalue weighted by Crippen LogP contribution is -2.25. The summed E-state index contributed by atoms with van der Waals surface area (Å²) in [7, 11) is -1.88. The molecule has 1 heterocycles. The lowest BCUT2D eigenvalue weighted by molar-refractivity contribution is 0.102. The zero-order valence-electron chi connectivity index (χ0n) is 14.1. The summed E-state index contributed by atoms with van der Waals surface area (Å²) in [5, 5.41) is 2.79. The van der Waals surface area contributed by atoms with E-state index in [0.29, 0.717) is 34.0 Å². The van der Waals surface area contributed by atoms with Crippen LogP contribution in [0.1, 0.15) is 15.9 Å². The number of carbonyl (C=O) groups is 1. The maximum atomic E-state index is 12.4. The fourth-order valence-corrected chi connectivity index (χ4v) is 3.07. The second-order valence-electron chi connectivity index (χ2n) is 5.75. The topological polar surface area (TPSA) is 84.9 Å². The minimum atomic E-state index is -3.36. The molecule has 0 bridgehead atoms. The van der Waals surface area contributed by atoms with Crippen LogP contribution >= 0.6 is 0 Å². The van der Waals surface area contributed by atoms with Crippen molar-refractivity contribution in [1.29, 1.82) is 0 Å². The first kappa shape index (κ1) is 17.1. The van der Waals surface area contributed by atoms with Crippen LogP contribution in [0.3, 0.4) is 0 Å². The summed E-state index contributed by atoms with van der Waals surface area (Å²) in [4.78, 5) is 12.4. The Bertz CT molecular complexity index is 940. The lowest BCUT2D eigenvalue weighted by Gasteiger charge is -2.19. The third-order valence-electron chi connectivity index (χ3n) is 3.93. The first-order chi connectivity index (χ1) is 11.8. The molecule has 0 spiro atoms. The van der Waals surface area contributed by atoms with Crippen LogP contribution in [0.25, 0.3) is 0 Å². The average Bonchev–Trinajstić information content (AvgIpc) is 3.01. The second kappa shape index (κ2) is 6.29. The molecule has 0 fully saturated rings. The molecule has 2 aromatic carbocycles. The maximum Gasteiger partial charge on any atom is 0.255 e. The molecule has 8 heteroatoms. The van der Waals surface area contributed by atoms with Gasteiger partial charge in [-0.15, -0.1) is 0 Å². The molecule has 1 aliphatic heterocycles. The third-order valence-corrected chi connectivity index (χ3v) is 5.12. The highest BCUT2D eigenvalue weighted by Gasteiger charge is 2.17. The molecule has 132 valence electrons. The molecule has 0 aliphatic carbocycles. The highest BCUT2D eigenvalue weighted by Crippen LogP contribution is 2.34. The van der Waals surface area contributed by atoms with E-state index in [-0.39, 0.29) is 12.7 Å². The van der Waals surface area contributed by atoms with E-state index in [4.69, 9.17) is 9.47 Å². The van der Waals surface area contributed by atoms with Gasteiger partial charge in [0.1, 0.15) is 0 Å². The average molecular weight is 362 g/mol. The van der Waals surface area contributed by atoms with Gasteiger partial charge in [0, 0.05) is 24.4 Å². The Balaban J connectivity index is 1.80. The normalized spacial score (nSPS) is 12.8. The smallest absolute Gasteiger partial charge is 0.255 e. The summed E-state index contributed by atoms with van der Waals surface area (Å²) in [5.74, 6) is 0.927. The summed E-state index contributed by atoms with van der Waals surface area (Å²) in [6.45, 7) is 1.93. The van der Waals surface area contributed by atoms with Gasteiger partial charge in [-0.1, -0.05) is 0 Å². The van der Waals surface area contributed by atoms with Gasteiger partial charge in [0.25, 0.3) is 5.91 Å². The molecule has 25 heavy (non-hydrogen) atoms. The molecule has 1 N–H and O–H groups in total. The molecule has 0 unspecified atom stereocenters. The van der Waals surface area contributed by atoms with Crippen LogP contribution in [0, 0.1) is 6.92 Å². The molecular formula is C17H18N2O5S. The molecular weight excluding hydrogens is 344 g/mol. The molecule has 2 aromatic rings. The molecule has 0 atom stereocenters. The van der Waals surface area contributed by atoms with Gasteiger partial charge in [0.2, 0.25) is 16.8 Å². The largest absolute Gasteiger partial charge is 0.454 e. The van der Waals surface area contributed by atoms with Gasteiger partial charge in [0.05, 0.1) is 11.9 Å². The van der Waals surface area contributed by atoms with Crippen molar-refractivity contribution in [1.82, 2.24) is 0 Å². The number of ether oxygens (including phenoxy) is 2. The van der Waals surface area contributed by atoms with Gasteiger partial charge in [-0.2, -0.15) is 0 Å². The monoisotopic (exact) mass is 362 g/mol. The quantitative estimate of drug-likeness (QED) is 0.903. The van der Waals surface area contributed by atoms with E-state index in [9.17, 15) is 13.2 Å². The predicted octanol–water partition coefficient (Wildman–Crippen LogP) is 2.37. The number of amides is 1. The van der Waals surface area contributed by atoms with Crippen LogP contribution in [0.15, 0.2) is 36.4 Å². The van der Waals surface area contributed by atoms with Crippen molar-refractivity contribution in [2.45, 2.75) is 6.92 Å². The number of rotatable bonds is 4. The number of sulfonamides is 1. The summed E-state index contributed by atoms with van der Waals surface area (Å²) < 4.78 is 35.0. The van der Waals surface area contributed by atoms with Crippen molar-refractivity contribution < 1.29 is 22.7 Å². The standard InChI is InChI=1S/C17H18N2O5S/c1-11-8-12(4-6-14(11)19(2)25(3,21)22)17(20)18-13-5-7-15-16(9-13)24-10-23-15/h4-9H,10H2,1-3H3,(H,18,20). The number of hydrogen-bond donors (Lipinski definition) is 1. The summed E-state index contributed by atoms with van der Waals surface area (Å²) in [5.41, 5.74) is 2.23. The molecule has 0 radical (unpaired) electrons. The van der Waals surface area contributed by atoms with E-state index in [1.165, 1.54) is 11.4 Å². The van der Waals surface area contributed by atoms with Gasteiger partial charge in [-0.3, -0.25) is 9.10 Å². The van der Waals surface area contributed by atoms with Crippen LogP contribution in [0.2, 0.25) is 0 Å². The number of carbonyl (C=O) groups excluding carboxylic acids is 1. The highest BCUT2D eigenvalue weighted by molar-refractivity contribution is 7.92. The second-order valence-corrected chi connectivity index (χ2v) is 7.77. The van der Waals surface area contributed by atoms with Crippen molar-refractivity contribution in [3.63, 3.8) is 0 Å². The first-order valence-corrected chi connectivity index (χ1v) is 9.36. The zero-order chi connectivity index (χ0) is 18.2. The number of fused-ring (bicyclic) bond motifs is 1. The highest BCUT2D eigenvalue weighted by atomic mass is 32.2. The summed E-state index contributed by atoms with van der Waals surface area (Å²) >= 11 is 0.